The van der Waals surface area contributed by atoms with Crippen molar-refractivity contribution in [3.8, 4) is 11.6 Å². The van der Waals surface area contributed by atoms with E-state index in [1.165, 1.54) is 6.20 Å². The van der Waals surface area contributed by atoms with Crippen molar-refractivity contribution in [3.05, 3.63) is 47.8 Å². The summed E-state index contributed by atoms with van der Waals surface area (Å²) in [5.41, 5.74) is 2.63. The van der Waals surface area contributed by atoms with Gasteiger partial charge in [0.15, 0.2) is 5.65 Å². The van der Waals surface area contributed by atoms with E-state index in [0.717, 1.165) is 12.0 Å². The molecule has 0 atom stereocenters. The SMILES string of the molecule is CCCNC(=O)c1c[nH]c2ncc(Oc3cccc(C)c3)nc12. The highest BCUT2D eigenvalue weighted by atomic mass is 16.5. The number of ether oxygens (including phenoxy) is 1. The summed E-state index contributed by atoms with van der Waals surface area (Å²) in [5.74, 6) is 0.874. The van der Waals surface area contributed by atoms with E-state index in [9.17, 15) is 4.79 Å². The maximum atomic E-state index is 12.2. The quantitative estimate of drug-likeness (QED) is 0.758. The molecule has 0 saturated heterocycles. The molecule has 0 saturated carbocycles. The first-order valence-corrected chi connectivity index (χ1v) is 7.54. The average Bonchev–Trinajstić information content (AvgIpc) is 2.96. The van der Waals surface area contributed by atoms with Crippen LogP contribution in [-0.2, 0) is 0 Å². The number of amides is 1. The van der Waals surface area contributed by atoms with Crippen molar-refractivity contribution in [2.75, 3.05) is 6.54 Å². The van der Waals surface area contributed by atoms with Gasteiger partial charge in [-0.1, -0.05) is 19.1 Å². The molecule has 0 radical (unpaired) electrons. The van der Waals surface area contributed by atoms with Crippen LogP contribution < -0.4 is 10.1 Å². The highest BCUT2D eigenvalue weighted by Gasteiger charge is 2.14. The van der Waals surface area contributed by atoms with Crippen LogP contribution in [0.5, 0.6) is 11.6 Å². The maximum absolute atomic E-state index is 12.2. The third-order valence-electron chi connectivity index (χ3n) is 3.35. The second-order valence-corrected chi connectivity index (χ2v) is 5.28. The maximum Gasteiger partial charge on any atom is 0.255 e. The number of hydrogen-bond donors (Lipinski definition) is 2. The van der Waals surface area contributed by atoms with Gasteiger partial charge in [-0.25, -0.2) is 9.97 Å². The fourth-order valence-electron chi connectivity index (χ4n) is 2.23. The van der Waals surface area contributed by atoms with Crippen LogP contribution in [0.15, 0.2) is 36.7 Å². The second-order valence-electron chi connectivity index (χ2n) is 5.28. The lowest BCUT2D eigenvalue weighted by Gasteiger charge is -2.05. The molecule has 0 bridgehead atoms. The van der Waals surface area contributed by atoms with Crippen LogP contribution in [0.2, 0.25) is 0 Å². The van der Waals surface area contributed by atoms with E-state index in [0.29, 0.717) is 34.9 Å². The fourth-order valence-corrected chi connectivity index (χ4v) is 2.23. The molecule has 23 heavy (non-hydrogen) atoms. The minimum absolute atomic E-state index is 0.167. The first kappa shape index (κ1) is 15.0. The molecule has 0 spiro atoms. The highest BCUT2D eigenvalue weighted by Crippen LogP contribution is 2.23. The van der Waals surface area contributed by atoms with E-state index in [2.05, 4.69) is 20.3 Å². The highest BCUT2D eigenvalue weighted by molar-refractivity contribution is 6.04. The van der Waals surface area contributed by atoms with Crippen LogP contribution >= 0.6 is 0 Å². The lowest BCUT2D eigenvalue weighted by atomic mass is 10.2. The smallest absolute Gasteiger partial charge is 0.255 e. The van der Waals surface area contributed by atoms with Crippen LogP contribution in [0.25, 0.3) is 11.2 Å². The minimum atomic E-state index is -0.167. The molecule has 2 N–H and O–H groups in total. The van der Waals surface area contributed by atoms with Gasteiger partial charge in [0, 0.05) is 12.7 Å². The first-order valence-electron chi connectivity index (χ1n) is 7.54. The number of fused-ring (bicyclic) bond motifs is 1. The van der Waals surface area contributed by atoms with Crippen molar-refractivity contribution < 1.29 is 9.53 Å². The number of nitrogens with zero attached hydrogens (tertiary/aromatic N) is 2. The number of nitrogens with one attached hydrogen (secondary N) is 2. The number of aromatic amines is 1. The fraction of sp³-hybridized carbons (Fsp3) is 0.235. The molecular weight excluding hydrogens is 292 g/mol. The van der Waals surface area contributed by atoms with Crippen molar-refractivity contribution >= 4 is 17.1 Å². The van der Waals surface area contributed by atoms with Crippen LogP contribution in [0.4, 0.5) is 0 Å². The van der Waals surface area contributed by atoms with Gasteiger partial charge in [-0.2, -0.15) is 0 Å². The zero-order valence-corrected chi connectivity index (χ0v) is 13.1. The normalized spacial score (nSPS) is 10.7. The van der Waals surface area contributed by atoms with E-state index in [1.807, 2.05) is 38.1 Å². The van der Waals surface area contributed by atoms with Crippen LogP contribution in [-0.4, -0.2) is 27.4 Å². The van der Waals surface area contributed by atoms with Gasteiger partial charge in [0.2, 0.25) is 5.88 Å². The molecule has 1 amide bonds. The van der Waals surface area contributed by atoms with Crippen molar-refractivity contribution in [2.45, 2.75) is 20.3 Å². The Morgan fingerprint density at radius 2 is 2.26 bits per heavy atom. The molecule has 1 aromatic carbocycles. The Kier molecular flexibility index (Phi) is 4.23. The molecular formula is C17H18N4O2. The van der Waals surface area contributed by atoms with Gasteiger partial charge < -0.3 is 15.0 Å². The average molecular weight is 310 g/mol. The van der Waals surface area contributed by atoms with E-state index >= 15 is 0 Å². The molecule has 6 heteroatoms. The largest absolute Gasteiger partial charge is 0.437 e. The molecule has 0 aliphatic heterocycles. The van der Waals surface area contributed by atoms with Crippen molar-refractivity contribution in [3.63, 3.8) is 0 Å². The number of carbonyl (C=O) groups is 1. The van der Waals surface area contributed by atoms with Gasteiger partial charge in [-0.05, 0) is 31.0 Å². The predicted molar refractivity (Wildman–Crippen MR) is 87.8 cm³/mol. The summed E-state index contributed by atoms with van der Waals surface area (Å²) < 4.78 is 5.73. The molecule has 0 unspecified atom stereocenters. The van der Waals surface area contributed by atoms with Crippen molar-refractivity contribution in [2.24, 2.45) is 0 Å². The summed E-state index contributed by atoms with van der Waals surface area (Å²) in [4.78, 5) is 23.8. The van der Waals surface area contributed by atoms with Gasteiger partial charge >= 0.3 is 0 Å². The zero-order valence-electron chi connectivity index (χ0n) is 13.1. The summed E-state index contributed by atoms with van der Waals surface area (Å²) in [5, 5.41) is 2.84. The molecule has 2 heterocycles. The molecule has 3 rings (SSSR count). The van der Waals surface area contributed by atoms with Gasteiger partial charge in [0.25, 0.3) is 5.91 Å². The third-order valence-corrected chi connectivity index (χ3v) is 3.35. The monoisotopic (exact) mass is 310 g/mol. The first-order chi connectivity index (χ1) is 11.2. The van der Waals surface area contributed by atoms with Gasteiger partial charge in [0.05, 0.1) is 11.8 Å². The van der Waals surface area contributed by atoms with Gasteiger partial charge in [0.1, 0.15) is 11.3 Å². The lowest BCUT2D eigenvalue weighted by Crippen LogP contribution is -2.23. The zero-order chi connectivity index (χ0) is 16.2. The van der Waals surface area contributed by atoms with Gasteiger partial charge in [-0.15, -0.1) is 0 Å². The summed E-state index contributed by atoms with van der Waals surface area (Å²) >= 11 is 0. The number of aryl methyl sites for hydroxylation is 1. The van der Waals surface area contributed by atoms with Gasteiger partial charge in [-0.3, -0.25) is 4.79 Å². The Balaban J connectivity index is 1.89. The number of H-pyrrole nitrogens is 1. The summed E-state index contributed by atoms with van der Waals surface area (Å²) in [7, 11) is 0. The lowest BCUT2D eigenvalue weighted by molar-refractivity contribution is 0.0955. The molecule has 3 aromatic rings. The van der Waals surface area contributed by atoms with E-state index < -0.39 is 0 Å². The van der Waals surface area contributed by atoms with Crippen LogP contribution in [0, 0.1) is 6.92 Å². The number of aromatic nitrogens is 3. The van der Waals surface area contributed by atoms with E-state index in [4.69, 9.17) is 4.74 Å². The Morgan fingerprint density at radius 3 is 3.04 bits per heavy atom. The molecule has 0 aliphatic rings. The summed E-state index contributed by atoms with van der Waals surface area (Å²) in [6, 6.07) is 7.67. The Morgan fingerprint density at radius 1 is 1.39 bits per heavy atom. The molecule has 2 aromatic heterocycles. The number of rotatable bonds is 5. The molecule has 118 valence electrons. The third kappa shape index (κ3) is 3.31. The number of hydrogen-bond acceptors (Lipinski definition) is 4. The second kappa shape index (κ2) is 6.48. The van der Waals surface area contributed by atoms with E-state index in [-0.39, 0.29) is 5.91 Å². The summed E-state index contributed by atoms with van der Waals surface area (Å²) in [6.45, 7) is 4.62. The standard InChI is InChI=1S/C17H18N4O2/c1-3-7-18-17(22)13-9-19-16-15(13)21-14(10-20-16)23-12-6-4-5-11(2)8-12/h4-6,8-10H,3,7H2,1-2H3,(H,18,22)(H,19,20). The summed E-state index contributed by atoms with van der Waals surface area (Å²) in [6.07, 6.45) is 4.03. The topological polar surface area (TPSA) is 79.9 Å². The Bertz CT molecular complexity index is 841. The van der Waals surface area contributed by atoms with Crippen LogP contribution in [0.3, 0.4) is 0 Å². The molecule has 0 aliphatic carbocycles. The predicted octanol–water partition coefficient (Wildman–Crippen LogP) is 3.20. The Labute approximate surface area is 133 Å². The van der Waals surface area contributed by atoms with E-state index in [1.54, 1.807) is 6.20 Å². The molecule has 0 fully saturated rings. The minimum Gasteiger partial charge on any atom is -0.437 e. The van der Waals surface area contributed by atoms with Crippen molar-refractivity contribution in [1.82, 2.24) is 20.3 Å². The van der Waals surface area contributed by atoms with Crippen LogP contribution in [0.1, 0.15) is 29.3 Å². The number of benzene rings is 1. The Hall–Kier alpha value is -2.89. The van der Waals surface area contributed by atoms with Crippen molar-refractivity contribution in [1.29, 1.82) is 0 Å². The number of carbonyl (C=O) groups excluding carboxylic acids is 1. The molecule has 6 nitrogen and oxygen atoms in total.